The molecule has 1 aromatic carbocycles. The van der Waals surface area contributed by atoms with Gasteiger partial charge in [-0.1, -0.05) is 29.8 Å². The molecule has 1 fully saturated rings. The molecule has 0 spiro atoms. The zero-order valence-corrected chi connectivity index (χ0v) is 14.4. The summed E-state index contributed by atoms with van der Waals surface area (Å²) in [6.07, 6.45) is 2.39. The average Bonchev–Trinajstić information content (AvgIpc) is 2.93. The van der Waals surface area contributed by atoms with Crippen molar-refractivity contribution in [1.29, 1.82) is 5.26 Å². The highest BCUT2D eigenvalue weighted by Crippen LogP contribution is 2.10. The number of aryl methyl sites for hydroxylation is 1. The Morgan fingerprint density at radius 2 is 2.00 bits per heavy atom. The van der Waals surface area contributed by atoms with E-state index in [1.165, 1.54) is 22.1 Å². The van der Waals surface area contributed by atoms with E-state index in [9.17, 15) is 4.79 Å². The number of nitrogens with zero attached hydrogens (tertiary/aromatic N) is 6. The number of rotatable bonds is 4. The van der Waals surface area contributed by atoms with Gasteiger partial charge in [-0.2, -0.15) is 5.26 Å². The van der Waals surface area contributed by atoms with Gasteiger partial charge in [-0.3, -0.25) is 9.69 Å². The van der Waals surface area contributed by atoms with Crippen LogP contribution >= 0.6 is 0 Å². The number of aromatic nitrogens is 3. The summed E-state index contributed by atoms with van der Waals surface area (Å²) in [5.41, 5.74) is 2.57. The summed E-state index contributed by atoms with van der Waals surface area (Å²) in [4.78, 5) is 20.6. The van der Waals surface area contributed by atoms with Gasteiger partial charge in [0.25, 0.3) is 5.82 Å². The van der Waals surface area contributed by atoms with Gasteiger partial charge in [-0.05, 0) is 18.9 Å². The summed E-state index contributed by atoms with van der Waals surface area (Å²) in [7, 11) is 0. The van der Waals surface area contributed by atoms with Crippen molar-refractivity contribution in [3.63, 3.8) is 0 Å². The molecule has 1 amide bonds. The molecule has 1 aliphatic rings. The van der Waals surface area contributed by atoms with E-state index in [0.29, 0.717) is 6.54 Å². The first-order chi connectivity index (χ1) is 12.1. The lowest BCUT2D eigenvalue weighted by Crippen LogP contribution is -2.37. The zero-order valence-electron chi connectivity index (χ0n) is 14.4. The lowest BCUT2D eigenvalue weighted by molar-refractivity contribution is -0.131. The highest BCUT2D eigenvalue weighted by atomic mass is 16.2. The number of hydrogen-bond donors (Lipinski definition) is 0. The average molecular weight is 338 g/mol. The molecule has 0 atom stereocenters. The van der Waals surface area contributed by atoms with Crippen LogP contribution in [-0.4, -0.2) is 56.7 Å². The normalized spacial score (nSPS) is 15.6. The van der Waals surface area contributed by atoms with Crippen molar-refractivity contribution in [2.75, 3.05) is 26.2 Å². The molecule has 0 unspecified atom stereocenters. The maximum absolute atomic E-state index is 12.5. The Morgan fingerprint density at radius 1 is 1.20 bits per heavy atom. The molecule has 1 aliphatic heterocycles. The Bertz CT molecular complexity index is 761. The molecule has 3 rings (SSSR count). The van der Waals surface area contributed by atoms with E-state index < -0.39 is 0 Å². The third kappa shape index (κ3) is 4.64. The first kappa shape index (κ1) is 17.1. The topological polar surface area (TPSA) is 78.0 Å². The lowest BCUT2D eigenvalue weighted by atomic mass is 10.1. The molecule has 7 nitrogen and oxygen atoms in total. The molecule has 0 aliphatic carbocycles. The minimum Gasteiger partial charge on any atom is -0.340 e. The van der Waals surface area contributed by atoms with Crippen molar-refractivity contribution in [2.45, 2.75) is 26.4 Å². The van der Waals surface area contributed by atoms with Crippen LogP contribution in [0.1, 0.15) is 23.4 Å². The van der Waals surface area contributed by atoms with Gasteiger partial charge in [0.2, 0.25) is 5.91 Å². The van der Waals surface area contributed by atoms with Gasteiger partial charge >= 0.3 is 0 Å². The number of benzene rings is 1. The van der Waals surface area contributed by atoms with E-state index in [-0.39, 0.29) is 18.3 Å². The molecule has 7 heteroatoms. The molecular formula is C18H22N6O. The highest BCUT2D eigenvalue weighted by Gasteiger charge is 2.19. The molecular weight excluding hydrogens is 316 g/mol. The van der Waals surface area contributed by atoms with Gasteiger partial charge in [0.1, 0.15) is 18.9 Å². The Kier molecular flexibility index (Phi) is 5.41. The van der Waals surface area contributed by atoms with Crippen LogP contribution in [0.4, 0.5) is 0 Å². The Morgan fingerprint density at radius 3 is 2.72 bits per heavy atom. The van der Waals surface area contributed by atoms with Crippen molar-refractivity contribution < 1.29 is 4.79 Å². The summed E-state index contributed by atoms with van der Waals surface area (Å²) >= 11 is 0. The van der Waals surface area contributed by atoms with E-state index in [1.54, 1.807) is 0 Å². The second kappa shape index (κ2) is 7.90. The van der Waals surface area contributed by atoms with Gasteiger partial charge in [0, 0.05) is 32.7 Å². The van der Waals surface area contributed by atoms with Crippen molar-refractivity contribution in [1.82, 2.24) is 24.6 Å². The number of carbonyl (C=O) groups is 1. The molecule has 1 aromatic heterocycles. The fraction of sp³-hybridized carbons (Fsp3) is 0.444. The minimum atomic E-state index is 0.0200. The van der Waals surface area contributed by atoms with E-state index in [4.69, 9.17) is 5.26 Å². The van der Waals surface area contributed by atoms with Crippen LogP contribution in [0.3, 0.4) is 0 Å². The van der Waals surface area contributed by atoms with E-state index >= 15 is 0 Å². The predicted octanol–water partition coefficient (Wildman–Crippen LogP) is 1.19. The molecule has 25 heavy (non-hydrogen) atoms. The van der Waals surface area contributed by atoms with Gasteiger partial charge in [-0.15, -0.1) is 5.10 Å². The number of hydrogen-bond acceptors (Lipinski definition) is 5. The fourth-order valence-corrected chi connectivity index (χ4v) is 2.99. The summed E-state index contributed by atoms with van der Waals surface area (Å²) in [5, 5.41) is 12.7. The standard InChI is InChI=1S/C18H22N6O/c1-15-3-5-16(6-4-15)12-22-7-2-8-23(10-9-22)18(25)13-24-14-20-17(11-19)21-24/h3-6,14H,2,7-10,12-13H2,1H3. The maximum Gasteiger partial charge on any atom is 0.252 e. The Balaban J connectivity index is 1.53. The Hall–Kier alpha value is -2.72. The molecule has 1 saturated heterocycles. The molecule has 0 radical (unpaired) electrons. The third-order valence-corrected chi connectivity index (χ3v) is 4.40. The Labute approximate surface area is 147 Å². The SMILES string of the molecule is Cc1ccc(CN2CCCN(C(=O)Cn3cnc(C#N)n3)CC2)cc1. The number of carbonyl (C=O) groups excluding carboxylic acids is 1. The van der Waals surface area contributed by atoms with Gasteiger partial charge < -0.3 is 4.90 Å². The minimum absolute atomic E-state index is 0.0200. The maximum atomic E-state index is 12.5. The second-order valence-electron chi connectivity index (χ2n) is 6.37. The van der Waals surface area contributed by atoms with Crippen LogP contribution in [0.25, 0.3) is 0 Å². The van der Waals surface area contributed by atoms with Crippen LogP contribution in [0.2, 0.25) is 0 Å². The highest BCUT2D eigenvalue weighted by molar-refractivity contribution is 5.75. The summed E-state index contributed by atoms with van der Waals surface area (Å²) in [5.74, 6) is 0.111. The number of amides is 1. The predicted molar refractivity (Wildman–Crippen MR) is 92.4 cm³/mol. The van der Waals surface area contributed by atoms with Crippen LogP contribution in [0.5, 0.6) is 0 Å². The number of nitriles is 1. The van der Waals surface area contributed by atoms with Crippen molar-refractivity contribution in [2.24, 2.45) is 0 Å². The summed E-state index contributed by atoms with van der Waals surface area (Å²) in [6, 6.07) is 10.5. The molecule has 0 bridgehead atoms. The van der Waals surface area contributed by atoms with Crippen molar-refractivity contribution in [3.8, 4) is 6.07 Å². The molecule has 2 heterocycles. The van der Waals surface area contributed by atoms with E-state index in [2.05, 4.69) is 46.2 Å². The molecule has 130 valence electrons. The fourth-order valence-electron chi connectivity index (χ4n) is 2.99. The summed E-state index contributed by atoms with van der Waals surface area (Å²) < 4.78 is 1.43. The van der Waals surface area contributed by atoms with Gasteiger partial charge in [0.15, 0.2) is 0 Å². The monoisotopic (exact) mass is 338 g/mol. The van der Waals surface area contributed by atoms with E-state index in [0.717, 1.165) is 32.6 Å². The molecule has 0 N–H and O–H groups in total. The molecule has 0 saturated carbocycles. The van der Waals surface area contributed by atoms with Gasteiger partial charge in [0.05, 0.1) is 0 Å². The van der Waals surface area contributed by atoms with E-state index in [1.807, 2.05) is 11.0 Å². The molecule has 2 aromatic rings. The van der Waals surface area contributed by atoms with Crippen LogP contribution < -0.4 is 0 Å². The first-order valence-electron chi connectivity index (χ1n) is 8.49. The second-order valence-corrected chi connectivity index (χ2v) is 6.37. The van der Waals surface area contributed by atoms with Crippen LogP contribution in [-0.2, 0) is 17.9 Å². The quantitative estimate of drug-likeness (QED) is 0.837. The first-order valence-corrected chi connectivity index (χ1v) is 8.49. The largest absolute Gasteiger partial charge is 0.340 e. The smallest absolute Gasteiger partial charge is 0.252 e. The van der Waals surface area contributed by atoms with Crippen LogP contribution in [0, 0.1) is 18.3 Å². The summed E-state index contributed by atoms with van der Waals surface area (Å²) in [6.45, 7) is 6.45. The third-order valence-electron chi connectivity index (χ3n) is 4.40. The van der Waals surface area contributed by atoms with Crippen LogP contribution in [0.15, 0.2) is 30.6 Å². The van der Waals surface area contributed by atoms with Crippen molar-refractivity contribution in [3.05, 3.63) is 47.5 Å². The zero-order chi connectivity index (χ0) is 17.6. The lowest BCUT2D eigenvalue weighted by Gasteiger charge is -2.22. The van der Waals surface area contributed by atoms with Gasteiger partial charge in [-0.25, -0.2) is 9.67 Å². The van der Waals surface area contributed by atoms with Crippen molar-refractivity contribution >= 4 is 5.91 Å².